The zero-order valence-electron chi connectivity index (χ0n) is 16.6. The van der Waals surface area contributed by atoms with Crippen LogP contribution in [0.15, 0.2) is 48.8 Å². The summed E-state index contributed by atoms with van der Waals surface area (Å²) in [7, 11) is 1.76. The summed E-state index contributed by atoms with van der Waals surface area (Å²) in [6, 6.07) is 10.8. The summed E-state index contributed by atoms with van der Waals surface area (Å²) in [5.41, 5.74) is 9.50. The Bertz CT molecular complexity index is 1080. The van der Waals surface area contributed by atoms with Crippen LogP contribution < -0.4 is 15.8 Å². The van der Waals surface area contributed by atoms with Gasteiger partial charge in [0.1, 0.15) is 17.3 Å². The van der Waals surface area contributed by atoms with Crippen molar-refractivity contribution in [3.05, 3.63) is 65.5 Å². The van der Waals surface area contributed by atoms with Crippen LogP contribution in [0.4, 0.5) is 5.82 Å². The van der Waals surface area contributed by atoms with Crippen LogP contribution in [-0.2, 0) is 6.42 Å². The molecule has 0 aliphatic heterocycles. The highest BCUT2D eigenvalue weighted by molar-refractivity contribution is 6.00. The van der Waals surface area contributed by atoms with E-state index in [9.17, 15) is 4.79 Å². The van der Waals surface area contributed by atoms with Crippen molar-refractivity contribution in [1.29, 1.82) is 5.41 Å². The Balaban J connectivity index is 1.92. The van der Waals surface area contributed by atoms with Gasteiger partial charge in [0.25, 0.3) is 0 Å². The SMILES string of the molecule is CCc1cc(-c2cc(Oc3cnc(NC)c(C(C)=N)c3)ccn2)ccc1C(N)=O. The maximum absolute atomic E-state index is 11.6. The average Bonchev–Trinajstić information content (AvgIpc) is 2.73. The van der Waals surface area contributed by atoms with Gasteiger partial charge in [0.05, 0.1) is 11.9 Å². The third-order valence-corrected chi connectivity index (χ3v) is 4.52. The van der Waals surface area contributed by atoms with Crippen LogP contribution in [0.5, 0.6) is 11.5 Å². The van der Waals surface area contributed by atoms with E-state index in [1.165, 1.54) is 0 Å². The maximum atomic E-state index is 11.6. The molecule has 1 aromatic carbocycles. The minimum absolute atomic E-state index is 0.393. The van der Waals surface area contributed by atoms with Crippen LogP contribution >= 0.6 is 0 Å². The quantitative estimate of drug-likeness (QED) is 0.528. The molecule has 0 aliphatic rings. The lowest BCUT2D eigenvalue weighted by Crippen LogP contribution is -2.13. The van der Waals surface area contributed by atoms with Crippen LogP contribution in [0, 0.1) is 5.41 Å². The van der Waals surface area contributed by atoms with Crippen molar-refractivity contribution in [2.24, 2.45) is 5.73 Å². The van der Waals surface area contributed by atoms with Gasteiger partial charge in [-0.3, -0.25) is 9.78 Å². The van der Waals surface area contributed by atoms with Crippen molar-refractivity contribution in [2.45, 2.75) is 20.3 Å². The zero-order chi connectivity index (χ0) is 21.0. The number of carbonyl (C=O) groups excluding carboxylic acids is 1. The fourth-order valence-electron chi connectivity index (χ4n) is 3.04. The number of aromatic nitrogens is 2. The van der Waals surface area contributed by atoms with Gasteiger partial charge in [-0.2, -0.15) is 0 Å². The second kappa shape index (κ2) is 8.52. The predicted molar refractivity (Wildman–Crippen MR) is 114 cm³/mol. The van der Waals surface area contributed by atoms with Gasteiger partial charge in [-0.15, -0.1) is 0 Å². The second-order valence-corrected chi connectivity index (χ2v) is 6.51. The molecule has 7 nitrogen and oxygen atoms in total. The molecule has 2 aromatic heterocycles. The molecule has 7 heteroatoms. The molecule has 0 bridgehead atoms. The van der Waals surface area contributed by atoms with Crippen molar-refractivity contribution >= 4 is 17.4 Å². The smallest absolute Gasteiger partial charge is 0.248 e. The number of anilines is 1. The fraction of sp³-hybridized carbons (Fsp3) is 0.182. The largest absolute Gasteiger partial charge is 0.456 e. The Morgan fingerprint density at radius 1 is 1.14 bits per heavy atom. The molecule has 0 aliphatic carbocycles. The highest BCUT2D eigenvalue weighted by atomic mass is 16.5. The number of hydrogen-bond acceptors (Lipinski definition) is 6. The van der Waals surface area contributed by atoms with E-state index in [0.717, 1.165) is 16.8 Å². The Morgan fingerprint density at radius 2 is 1.93 bits per heavy atom. The first-order valence-corrected chi connectivity index (χ1v) is 9.23. The average molecular weight is 389 g/mol. The van der Waals surface area contributed by atoms with E-state index in [-0.39, 0.29) is 0 Å². The third kappa shape index (κ3) is 4.40. The first kappa shape index (κ1) is 20.0. The molecule has 0 fully saturated rings. The first-order valence-electron chi connectivity index (χ1n) is 9.23. The fourth-order valence-corrected chi connectivity index (χ4v) is 3.04. The summed E-state index contributed by atoms with van der Waals surface area (Å²) in [6.07, 6.45) is 3.96. The number of primary amides is 1. The number of nitrogens with zero attached hydrogens (tertiary/aromatic N) is 2. The summed E-state index contributed by atoms with van der Waals surface area (Å²) in [5.74, 6) is 1.32. The van der Waals surface area contributed by atoms with Crippen LogP contribution in [0.25, 0.3) is 11.3 Å². The molecule has 0 unspecified atom stereocenters. The summed E-state index contributed by atoms with van der Waals surface area (Å²) >= 11 is 0. The zero-order valence-corrected chi connectivity index (χ0v) is 16.6. The van der Waals surface area contributed by atoms with E-state index in [1.54, 1.807) is 44.6 Å². The van der Waals surface area contributed by atoms with Gasteiger partial charge < -0.3 is 21.2 Å². The van der Waals surface area contributed by atoms with Gasteiger partial charge >= 0.3 is 0 Å². The van der Waals surface area contributed by atoms with Crippen molar-refractivity contribution in [3.63, 3.8) is 0 Å². The lowest BCUT2D eigenvalue weighted by atomic mass is 9.99. The molecule has 148 valence electrons. The number of nitrogens with one attached hydrogen (secondary N) is 2. The highest BCUT2D eigenvalue weighted by Gasteiger charge is 2.11. The maximum Gasteiger partial charge on any atom is 0.248 e. The second-order valence-electron chi connectivity index (χ2n) is 6.51. The normalized spacial score (nSPS) is 10.4. The van der Waals surface area contributed by atoms with Crippen LogP contribution in [0.3, 0.4) is 0 Å². The van der Waals surface area contributed by atoms with Crippen molar-refractivity contribution in [1.82, 2.24) is 9.97 Å². The summed E-state index contributed by atoms with van der Waals surface area (Å²) < 4.78 is 5.95. The number of benzene rings is 1. The van der Waals surface area contributed by atoms with Gasteiger partial charge in [-0.1, -0.05) is 13.0 Å². The molecule has 0 atom stereocenters. The molecule has 2 heterocycles. The number of aryl methyl sites for hydroxylation is 1. The van der Waals surface area contributed by atoms with Crippen LogP contribution in [0.1, 0.15) is 35.3 Å². The number of ether oxygens (including phenoxy) is 1. The van der Waals surface area contributed by atoms with E-state index >= 15 is 0 Å². The molecule has 0 radical (unpaired) electrons. The van der Waals surface area contributed by atoms with Gasteiger partial charge in [-0.05, 0) is 43.2 Å². The molecule has 3 aromatic rings. The van der Waals surface area contributed by atoms with E-state index in [0.29, 0.717) is 40.6 Å². The van der Waals surface area contributed by atoms with Gasteiger partial charge in [-0.25, -0.2) is 4.98 Å². The number of rotatable bonds is 7. The molecule has 0 saturated carbocycles. The molecule has 4 N–H and O–H groups in total. The third-order valence-electron chi connectivity index (χ3n) is 4.52. The number of nitrogens with two attached hydrogens (primary N) is 1. The lowest BCUT2D eigenvalue weighted by molar-refractivity contribution is 0.0999. The Morgan fingerprint density at radius 3 is 2.59 bits per heavy atom. The van der Waals surface area contributed by atoms with E-state index < -0.39 is 5.91 Å². The van der Waals surface area contributed by atoms with Gasteiger partial charge in [0.15, 0.2) is 0 Å². The highest BCUT2D eigenvalue weighted by Crippen LogP contribution is 2.28. The van der Waals surface area contributed by atoms with Gasteiger partial charge in [0.2, 0.25) is 5.91 Å². The van der Waals surface area contributed by atoms with Gasteiger partial charge in [0, 0.05) is 41.7 Å². The number of carbonyl (C=O) groups is 1. The molecule has 1 amide bonds. The van der Waals surface area contributed by atoms with Crippen molar-refractivity contribution in [2.75, 3.05) is 12.4 Å². The van der Waals surface area contributed by atoms with Crippen molar-refractivity contribution < 1.29 is 9.53 Å². The Kier molecular flexibility index (Phi) is 5.87. The summed E-state index contributed by atoms with van der Waals surface area (Å²) in [4.78, 5) is 20.3. The Labute approximate surface area is 169 Å². The lowest BCUT2D eigenvalue weighted by Gasteiger charge is -2.12. The monoisotopic (exact) mass is 389 g/mol. The first-order chi connectivity index (χ1) is 13.9. The molecule has 3 rings (SSSR count). The number of amides is 1. The van der Waals surface area contributed by atoms with Crippen LogP contribution in [-0.4, -0.2) is 28.6 Å². The minimum Gasteiger partial charge on any atom is -0.456 e. The summed E-state index contributed by atoms with van der Waals surface area (Å²) in [5, 5.41) is 10.9. The standard InChI is InChI=1S/C22H23N5O2/c1-4-14-9-15(5-6-18(14)21(24)28)20-11-16(7-8-26-20)29-17-10-19(13(2)23)22(25-3)27-12-17/h5-12,23H,4H2,1-3H3,(H2,24,28)(H,25,27). The van der Waals surface area contributed by atoms with E-state index in [1.807, 2.05) is 25.1 Å². The molecule has 0 spiro atoms. The van der Waals surface area contributed by atoms with Crippen molar-refractivity contribution in [3.8, 4) is 22.8 Å². The van der Waals surface area contributed by atoms with E-state index in [2.05, 4.69) is 15.3 Å². The predicted octanol–water partition coefficient (Wildman–Crippen LogP) is 4.03. The topological polar surface area (TPSA) is 114 Å². The van der Waals surface area contributed by atoms with Crippen LogP contribution in [0.2, 0.25) is 0 Å². The molecule has 0 saturated heterocycles. The number of hydrogen-bond donors (Lipinski definition) is 3. The molecular formula is C22H23N5O2. The summed E-state index contributed by atoms with van der Waals surface area (Å²) in [6.45, 7) is 3.68. The Hall–Kier alpha value is -3.74. The van der Waals surface area contributed by atoms with E-state index in [4.69, 9.17) is 15.9 Å². The molecular weight excluding hydrogens is 366 g/mol. The minimum atomic E-state index is -0.437. The number of pyridine rings is 2. The molecule has 29 heavy (non-hydrogen) atoms.